The molecule has 6 nitrogen and oxygen atoms in total. The van der Waals surface area contributed by atoms with Gasteiger partial charge in [0, 0.05) is 36.9 Å². The first-order valence-electron chi connectivity index (χ1n) is 9.84. The number of aromatic nitrogens is 2. The Kier molecular flexibility index (Phi) is 5.07. The number of hydrogen-bond acceptors (Lipinski definition) is 4. The fourth-order valence-electron chi connectivity index (χ4n) is 4.08. The van der Waals surface area contributed by atoms with Crippen molar-refractivity contribution in [3.63, 3.8) is 0 Å². The van der Waals surface area contributed by atoms with Crippen LogP contribution in [0.5, 0.6) is 5.75 Å². The molecule has 156 valence electrons. The number of fused-ring (bicyclic) bond motifs is 1. The predicted octanol–water partition coefficient (Wildman–Crippen LogP) is 3.73. The molecular formula is C23H25FN4O2. The molecule has 0 radical (unpaired) electrons. The lowest BCUT2D eigenvalue weighted by Gasteiger charge is -2.33. The number of halogens is 1. The Hall–Kier alpha value is -3.19. The van der Waals surface area contributed by atoms with Crippen LogP contribution in [0, 0.1) is 5.82 Å². The van der Waals surface area contributed by atoms with Gasteiger partial charge in [0.15, 0.2) is 0 Å². The standard InChI is InChI=1S/C23H25FN4O2/c1-28(2)22(29)23(25)9-6-14(7-10-23)19-13-18-16(8-11-26-21(18)27-19)17-12-15(24)4-5-20(17)30-3/h4-6,8,11-13H,7,9-10,25H2,1-3H3,(H,26,27). The zero-order valence-electron chi connectivity index (χ0n) is 17.3. The first-order chi connectivity index (χ1) is 14.3. The van der Waals surface area contributed by atoms with Crippen LogP contribution in [0.15, 0.2) is 42.6 Å². The van der Waals surface area contributed by atoms with Crippen LogP contribution in [-0.4, -0.2) is 47.5 Å². The lowest BCUT2D eigenvalue weighted by Crippen LogP contribution is -2.54. The van der Waals surface area contributed by atoms with Gasteiger partial charge in [-0.05, 0) is 60.7 Å². The fourth-order valence-corrected chi connectivity index (χ4v) is 4.08. The number of amides is 1. The molecule has 1 atom stereocenters. The van der Waals surface area contributed by atoms with E-state index < -0.39 is 5.54 Å². The Balaban J connectivity index is 1.73. The number of carbonyl (C=O) groups excluding carboxylic acids is 1. The molecule has 1 aromatic carbocycles. The Morgan fingerprint density at radius 1 is 1.27 bits per heavy atom. The van der Waals surface area contributed by atoms with Crippen molar-refractivity contribution < 1.29 is 13.9 Å². The number of rotatable bonds is 4. The van der Waals surface area contributed by atoms with Crippen molar-refractivity contribution in [2.24, 2.45) is 5.73 Å². The largest absolute Gasteiger partial charge is 0.496 e. The highest BCUT2D eigenvalue weighted by atomic mass is 19.1. The number of carbonyl (C=O) groups is 1. The van der Waals surface area contributed by atoms with Gasteiger partial charge in [0.2, 0.25) is 5.91 Å². The van der Waals surface area contributed by atoms with E-state index in [-0.39, 0.29) is 11.7 Å². The molecule has 0 saturated heterocycles. The third-order valence-corrected chi connectivity index (χ3v) is 5.71. The van der Waals surface area contributed by atoms with Gasteiger partial charge < -0.3 is 20.4 Å². The number of methoxy groups -OCH3 is 1. The fraction of sp³-hybridized carbons (Fsp3) is 0.304. The lowest BCUT2D eigenvalue weighted by molar-refractivity contribution is -0.134. The highest BCUT2D eigenvalue weighted by Crippen LogP contribution is 2.38. The molecule has 0 saturated carbocycles. The van der Waals surface area contributed by atoms with Crippen molar-refractivity contribution in [2.45, 2.75) is 24.8 Å². The topological polar surface area (TPSA) is 84.2 Å². The van der Waals surface area contributed by atoms with Gasteiger partial charge in [0.05, 0.1) is 12.6 Å². The van der Waals surface area contributed by atoms with Gasteiger partial charge in [-0.15, -0.1) is 0 Å². The van der Waals surface area contributed by atoms with E-state index in [1.165, 1.54) is 12.1 Å². The molecule has 1 aliphatic rings. The van der Waals surface area contributed by atoms with E-state index in [1.54, 1.807) is 38.4 Å². The Bertz CT molecular complexity index is 1150. The minimum absolute atomic E-state index is 0.0587. The normalized spacial score (nSPS) is 18.9. The summed E-state index contributed by atoms with van der Waals surface area (Å²) in [6.45, 7) is 0. The molecule has 0 fully saturated rings. The van der Waals surface area contributed by atoms with Crippen LogP contribution >= 0.6 is 0 Å². The van der Waals surface area contributed by atoms with Crippen molar-refractivity contribution in [1.29, 1.82) is 0 Å². The van der Waals surface area contributed by atoms with Crippen LogP contribution in [0.25, 0.3) is 27.7 Å². The maximum Gasteiger partial charge on any atom is 0.242 e. The molecule has 3 aromatic rings. The third kappa shape index (κ3) is 3.45. The molecule has 0 aliphatic heterocycles. The van der Waals surface area contributed by atoms with Gasteiger partial charge in [-0.1, -0.05) is 6.08 Å². The second kappa shape index (κ2) is 7.57. The molecule has 2 aromatic heterocycles. The van der Waals surface area contributed by atoms with Gasteiger partial charge in [-0.3, -0.25) is 4.79 Å². The van der Waals surface area contributed by atoms with Crippen LogP contribution in [0.1, 0.15) is 25.0 Å². The first kappa shape index (κ1) is 20.1. The number of aromatic amines is 1. The number of pyridine rings is 1. The van der Waals surface area contributed by atoms with E-state index in [4.69, 9.17) is 10.5 Å². The summed E-state index contributed by atoms with van der Waals surface area (Å²) in [4.78, 5) is 21.7. The average Bonchev–Trinajstić information content (AvgIpc) is 3.18. The van der Waals surface area contributed by atoms with E-state index in [2.05, 4.69) is 9.97 Å². The van der Waals surface area contributed by atoms with Gasteiger partial charge in [0.25, 0.3) is 0 Å². The molecule has 3 N–H and O–H groups in total. The SMILES string of the molecule is COc1ccc(F)cc1-c1ccnc2[nH]c(C3=CCC(N)(C(=O)N(C)C)CC3)cc12. The van der Waals surface area contributed by atoms with Crippen LogP contribution in [0.2, 0.25) is 0 Å². The van der Waals surface area contributed by atoms with E-state index in [0.29, 0.717) is 36.2 Å². The summed E-state index contributed by atoms with van der Waals surface area (Å²) in [5.74, 6) is 0.210. The summed E-state index contributed by atoms with van der Waals surface area (Å²) < 4.78 is 19.4. The minimum Gasteiger partial charge on any atom is -0.496 e. The molecule has 1 amide bonds. The van der Waals surface area contributed by atoms with Crippen LogP contribution in [-0.2, 0) is 4.79 Å². The minimum atomic E-state index is -0.864. The number of likely N-dealkylation sites (N-methyl/N-ethyl adjacent to an activating group) is 1. The Morgan fingerprint density at radius 3 is 2.73 bits per heavy atom. The summed E-state index contributed by atoms with van der Waals surface area (Å²) in [5.41, 5.74) is 9.74. The van der Waals surface area contributed by atoms with Gasteiger partial charge in [-0.2, -0.15) is 0 Å². The number of nitrogens with two attached hydrogens (primary N) is 1. The van der Waals surface area contributed by atoms with Crippen molar-refractivity contribution in [3.05, 3.63) is 54.1 Å². The third-order valence-electron chi connectivity index (χ3n) is 5.71. The quantitative estimate of drug-likeness (QED) is 0.689. The van der Waals surface area contributed by atoms with Gasteiger partial charge >= 0.3 is 0 Å². The van der Waals surface area contributed by atoms with E-state index >= 15 is 0 Å². The molecule has 30 heavy (non-hydrogen) atoms. The van der Waals surface area contributed by atoms with Gasteiger partial charge in [0.1, 0.15) is 17.2 Å². The second-order valence-electron chi connectivity index (χ2n) is 7.94. The molecule has 1 unspecified atom stereocenters. The number of H-pyrrole nitrogens is 1. The van der Waals surface area contributed by atoms with Crippen molar-refractivity contribution >= 4 is 22.5 Å². The van der Waals surface area contributed by atoms with Crippen LogP contribution in [0.3, 0.4) is 0 Å². The highest BCUT2D eigenvalue weighted by molar-refractivity contribution is 5.97. The average molecular weight is 408 g/mol. The molecular weight excluding hydrogens is 383 g/mol. The summed E-state index contributed by atoms with van der Waals surface area (Å²) in [5, 5.41) is 0.881. The summed E-state index contributed by atoms with van der Waals surface area (Å²) in [6.07, 6.45) is 5.45. The van der Waals surface area contributed by atoms with Crippen molar-refractivity contribution in [1.82, 2.24) is 14.9 Å². The number of benzene rings is 1. The highest BCUT2D eigenvalue weighted by Gasteiger charge is 2.36. The number of ether oxygens (including phenoxy) is 1. The monoisotopic (exact) mass is 408 g/mol. The van der Waals surface area contributed by atoms with Crippen molar-refractivity contribution in [2.75, 3.05) is 21.2 Å². The van der Waals surface area contributed by atoms with E-state index in [1.807, 2.05) is 18.2 Å². The zero-order chi connectivity index (χ0) is 21.5. The number of allylic oxidation sites excluding steroid dienone is 1. The van der Waals surface area contributed by atoms with Crippen LogP contribution < -0.4 is 10.5 Å². The molecule has 0 bridgehead atoms. The molecule has 1 aliphatic carbocycles. The first-order valence-corrected chi connectivity index (χ1v) is 9.84. The van der Waals surface area contributed by atoms with Crippen molar-refractivity contribution in [3.8, 4) is 16.9 Å². The number of nitrogens with one attached hydrogen (secondary N) is 1. The molecule has 7 heteroatoms. The lowest BCUT2D eigenvalue weighted by atomic mass is 9.81. The summed E-state index contributed by atoms with van der Waals surface area (Å²) in [7, 11) is 5.02. The van der Waals surface area contributed by atoms with Gasteiger partial charge in [-0.25, -0.2) is 9.37 Å². The zero-order valence-corrected chi connectivity index (χ0v) is 17.3. The molecule has 2 heterocycles. The van der Waals surface area contributed by atoms with E-state index in [0.717, 1.165) is 22.2 Å². The summed E-state index contributed by atoms with van der Waals surface area (Å²) >= 11 is 0. The number of hydrogen-bond donors (Lipinski definition) is 2. The Morgan fingerprint density at radius 2 is 2.07 bits per heavy atom. The smallest absolute Gasteiger partial charge is 0.242 e. The number of nitrogens with zero attached hydrogens (tertiary/aromatic N) is 2. The second-order valence-corrected chi connectivity index (χ2v) is 7.94. The maximum absolute atomic E-state index is 13.9. The molecule has 4 rings (SSSR count). The molecule has 0 spiro atoms. The van der Waals surface area contributed by atoms with E-state index in [9.17, 15) is 9.18 Å². The predicted molar refractivity (Wildman–Crippen MR) is 115 cm³/mol. The summed E-state index contributed by atoms with van der Waals surface area (Å²) in [6, 6.07) is 8.34. The van der Waals surface area contributed by atoms with Crippen LogP contribution in [0.4, 0.5) is 4.39 Å². The Labute approximate surface area is 174 Å². The maximum atomic E-state index is 13.9.